The molecule has 0 aromatic heterocycles. The number of carbonyl (C=O) groups is 2. The number of benzene rings is 1. The highest BCUT2D eigenvalue weighted by atomic mass is 35.5. The Balaban J connectivity index is 1.51. The summed E-state index contributed by atoms with van der Waals surface area (Å²) in [5.74, 6) is -0.534. The first-order valence-corrected chi connectivity index (χ1v) is 11.9. The molecule has 0 atom stereocenters. The molecule has 1 aromatic carbocycles. The predicted octanol–water partition coefficient (Wildman–Crippen LogP) is 2.29. The van der Waals surface area contributed by atoms with Crippen molar-refractivity contribution in [1.82, 2.24) is 9.21 Å². The van der Waals surface area contributed by atoms with Crippen molar-refractivity contribution in [3.63, 3.8) is 0 Å². The van der Waals surface area contributed by atoms with E-state index in [0.29, 0.717) is 62.4 Å². The summed E-state index contributed by atoms with van der Waals surface area (Å²) in [5.41, 5.74) is 0.657. The zero-order valence-corrected chi connectivity index (χ0v) is 18.1. The van der Waals surface area contributed by atoms with Gasteiger partial charge < -0.3 is 9.64 Å². The number of nitrogens with zero attached hydrogens (tertiary/aromatic N) is 2. The second kappa shape index (κ2) is 9.45. The maximum Gasteiger partial charge on any atom is 0.308 e. The Bertz CT molecular complexity index is 844. The van der Waals surface area contributed by atoms with Crippen LogP contribution in [0.15, 0.2) is 24.3 Å². The number of rotatable bonds is 5. The smallest absolute Gasteiger partial charge is 0.308 e. The minimum Gasteiger partial charge on any atom is -0.469 e. The normalized spacial score (nSPS) is 19.9. The first kappa shape index (κ1) is 22.1. The van der Waals surface area contributed by atoms with Gasteiger partial charge in [0.1, 0.15) is 0 Å². The van der Waals surface area contributed by atoms with Crippen molar-refractivity contribution in [2.45, 2.75) is 31.4 Å². The molecule has 0 bridgehead atoms. The maximum absolute atomic E-state index is 12.8. The standard InChI is InChI=1S/C20H27ClN2O5S/c1-28-20(25)17-5-9-22(10-6-17)19(24)16-7-11-23(12-8-16)29(26,27)14-15-3-2-4-18(21)13-15/h2-4,13,16-17H,5-12,14H2,1H3. The van der Waals surface area contributed by atoms with E-state index >= 15 is 0 Å². The van der Waals surface area contributed by atoms with Gasteiger partial charge in [-0.3, -0.25) is 9.59 Å². The number of halogens is 1. The van der Waals surface area contributed by atoms with Gasteiger partial charge in [0.2, 0.25) is 15.9 Å². The van der Waals surface area contributed by atoms with Crippen molar-refractivity contribution in [2.75, 3.05) is 33.3 Å². The topological polar surface area (TPSA) is 84.0 Å². The number of hydrogen-bond acceptors (Lipinski definition) is 5. The Morgan fingerprint density at radius 1 is 1.07 bits per heavy atom. The molecular formula is C20H27ClN2O5S. The Kier molecular flexibility index (Phi) is 7.19. The molecule has 160 valence electrons. The molecule has 7 nitrogen and oxygen atoms in total. The lowest BCUT2D eigenvalue weighted by Gasteiger charge is -2.36. The summed E-state index contributed by atoms with van der Waals surface area (Å²) in [6.07, 6.45) is 2.27. The molecule has 3 rings (SSSR count). The third-order valence-corrected chi connectivity index (χ3v) is 7.86. The van der Waals surface area contributed by atoms with E-state index in [1.807, 2.05) is 0 Å². The lowest BCUT2D eigenvalue weighted by atomic mass is 9.92. The SMILES string of the molecule is COC(=O)C1CCN(C(=O)C2CCN(S(=O)(=O)Cc3cccc(Cl)c3)CC2)CC1. The highest BCUT2D eigenvalue weighted by Gasteiger charge is 2.35. The van der Waals surface area contributed by atoms with Crippen molar-refractivity contribution in [1.29, 1.82) is 0 Å². The predicted molar refractivity (Wildman–Crippen MR) is 110 cm³/mol. The molecule has 2 saturated heterocycles. The lowest BCUT2D eigenvalue weighted by Crippen LogP contribution is -2.47. The number of esters is 1. The monoisotopic (exact) mass is 442 g/mol. The second-order valence-corrected chi connectivity index (χ2v) is 10.1. The van der Waals surface area contributed by atoms with Gasteiger partial charge in [0, 0.05) is 37.1 Å². The van der Waals surface area contributed by atoms with Gasteiger partial charge in [-0.1, -0.05) is 23.7 Å². The highest BCUT2D eigenvalue weighted by molar-refractivity contribution is 7.88. The summed E-state index contributed by atoms with van der Waals surface area (Å²) in [5, 5.41) is 0.512. The van der Waals surface area contributed by atoms with Gasteiger partial charge in [0.15, 0.2) is 0 Å². The number of sulfonamides is 1. The molecule has 0 N–H and O–H groups in total. The molecule has 2 fully saturated rings. The van der Waals surface area contributed by atoms with E-state index in [1.165, 1.54) is 11.4 Å². The van der Waals surface area contributed by atoms with E-state index in [4.69, 9.17) is 16.3 Å². The number of methoxy groups -OCH3 is 1. The fraction of sp³-hybridized carbons (Fsp3) is 0.600. The van der Waals surface area contributed by atoms with Gasteiger partial charge in [0.25, 0.3) is 0 Å². The van der Waals surface area contributed by atoms with Crippen LogP contribution in [0.5, 0.6) is 0 Å². The third-order valence-electron chi connectivity index (χ3n) is 5.78. The number of carbonyl (C=O) groups excluding carboxylic acids is 2. The van der Waals surface area contributed by atoms with Crippen LogP contribution in [0.3, 0.4) is 0 Å². The molecule has 9 heteroatoms. The van der Waals surface area contributed by atoms with Crippen molar-refractivity contribution >= 4 is 33.5 Å². The van der Waals surface area contributed by atoms with E-state index in [-0.39, 0.29) is 29.5 Å². The zero-order valence-electron chi connectivity index (χ0n) is 16.5. The van der Waals surface area contributed by atoms with Gasteiger partial charge in [-0.05, 0) is 43.4 Å². The van der Waals surface area contributed by atoms with Crippen LogP contribution in [0.25, 0.3) is 0 Å². The minimum atomic E-state index is -3.45. The van der Waals surface area contributed by atoms with Crippen molar-refractivity contribution in [2.24, 2.45) is 11.8 Å². The maximum atomic E-state index is 12.8. The molecule has 29 heavy (non-hydrogen) atoms. The van der Waals surface area contributed by atoms with Crippen LogP contribution in [0.2, 0.25) is 5.02 Å². The molecule has 2 aliphatic heterocycles. The molecule has 1 aromatic rings. The van der Waals surface area contributed by atoms with Crippen molar-refractivity contribution < 1.29 is 22.7 Å². The average molecular weight is 443 g/mol. The van der Waals surface area contributed by atoms with Gasteiger partial charge in [0.05, 0.1) is 18.8 Å². The van der Waals surface area contributed by atoms with Crippen LogP contribution in [-0.4, -0.2) is 62.8 Å². The summed E-state index contributed by atoms with van der Waals surface area (Å²) < 4.78 is 31.7. The van der Waals surface area contributed by atoms with Crippen LogP contribution in [0.4, 0.5) is 0 Å². The summed E-state index contributed by atoms with van der Waals surface area (Å²) in [6.45, 7) is 1.79. The number of amides is 1. The minimum absolute atomic E-state index is 0.0696. The van der Waals surface area contributed by atoms with Crippen LogP contribution in [0.1, 0.15) is 31.2 Å². The first-order valence-electron chi connectivity index (χ1n) is 9.89. The Hall–Kier alpha value is -1.64. The van der Waals surface area contributed by atoms with E-state index in [0.717, 1.165) is 0 Å². The Morgan fingerprint density at radius 3 is 2.28 bits per heavy atom. The van der Waals surface area contributed by atoms with Gasteiger partial charge in [-0.2, -0.15) is 0 Å². The first-order chi connectivity index (χ1) is 13.8. The van der Waals surface area contributed by atoms with Crippen molar-refractivity contribution in [3.8, 4) is 0 Å². The fourth-order valence-electron chi connectivity index (χ4n) is 4.07. The summed E-state index contributed by atoms with van der Waals surface area (Å²) in [4.78, 5) is 26.2. The molecule has 0 saturated carbocycles. The summed E-state index contributed by atoms with van der Waals surface area (Å²) in [6, 6.07) is 6.86. The quantitative estimate of drug-likeness (QED) is 0.653. The van der Waals surface area contributed by atoms with Gasteiger partial charge in [-0.15, -0.1) is 0 Å². The summed E-state index contributed by atoms with van der Waals surface area (Å²) >= 11 is 5.95. The Labute approximate surface area is 177 Å². The molecule has 2 aliphatic rings. The number of hydrogen-bond donors (Lipinski definition) is 0. The zero-order chi connectivity index (χ0) is 21.0. The van der Waals surface area contributed by atoms with E-state index in [9.17, 15) is 18.0 Å². The fourth-order valence-corrected chi connectivity index (χ4v) is 5.83. The number of likely N-dealkylation sites (tertiary alicyclic amines) is 1. The molecule has 0 aliphatic carbocycles. The number of ether oxygens (including phenoxy) is 1. The second-order valence-electron chi connectivity index (χ2n) is 7.68. The van der Waals surface area contributed by atoms with E-state index < -0.39 is 10.0 Å². The lowest BCUT2D eigenvalue weighted by molar-refractivity contribution is -0.149. The molecule has 0 radical (unpaired) electrons. The Morgan fingerprint density at radius 2 is 1.69 bits per heavy atom. The molecule has 0 unspecified atom stereocenters. The van der Waals surface area contributed by atoms with Crippen LogP contribution < -0.4 is 0 Å². The highest BCUT2D eigenvalue weighted by Crippen LogP contribution is 2.26. The van der Waals surface area contributed by atoms with E-state index in [2.05, 4.69) is 0 Å². The largest absolute Gasteiger partial charge is 0.469 e. The van der Waals surface area contributed by atoms with Crippen LogP contribution in [-0.2, 0) is 30.1 Å². The molecule has 2 heterocycles. The van der Waals surface area contributed by atoms with Crippen molar-refractivity contribution in [3.05, 3.63) is 34.9 Å². The molecule has 1 amide bonds. The average Bonchev–Trinajstić information content (AvgIpc) is 2.72. The van der Waals surface area contributed by atoms with Gasteiger partial charge in [-0.25, -0.2) is 12.7 Å². The summed E-state index contributed by atoms with van der Waals surface area (Å²) in [7, 11) is -2.07. The van der Waals surface area contributed by atoms with Gasteiger partial charge >= 0.3 is 5.97 Å². The van der Waals surface area contributed by atoms with Crippen LogP contribution in [0, 0.1) is 11.8 Å². The number of piperidine rings is 2. The van der Waals surface area contributed by atoms with E-state index in [1.54, 1.807) is 29.2 Å². The molecule has 0 spiro atoms. The third kappa shape index (κ3) is 5.49. The van der Waals surface area contributed by atoms with Crippen LogP contribution >= 0.6 is 11.6 Å². The molecular weight excluding hydrogens is 416 g/mol.